The van der Waals surface area contributed by atoms with Crippen LogP contribution in [0.15, 0.2) is 35.2 Å². The summed E-state index contributed by atoms with van der Waals surface area (Å²) in [5.74, 6) is -2.06. The van der Waals surface area contributed by atoms with Crippen molar-refractivity contribution in [3.63, 3.8) is 0 Å². The second-order valence-electron chi connectivity index (χ2n) is 4.30. The van der Waals surface area contributed by atoms with E-state index in [1.165, 1.54) is 6.92 Å². The number of benzene rings is 2. The first-order valence-corrected chi connectivity index (χ1v) is 7.54. The van der Waals surface area contributed by atoms with Gasteiger partial charge in [0.2, 0.25) is 0 Å². The fourth-order valence-electron chi connectivity index (χ4n) is 1.73. The molecule has 0 saturated heterocycles. The zero-order chi connectivity index (χ0) is 15.8. The molecule has 0 aliphatic carbocycles. The molecule has 0 fully saturated rings. The molecular weight excluding hydrogens is 324 g/mol. The standard InChI is InChI=1S/C13H10ClF2NO3S/c1-7-4-8(15)2-3-13(7)21(19,20)17-11-5-9(14)10(16)6-12(11)18/h2-6,17-18H,1H3. The molecule has 4 nitrogen and oxygen atoms in total. The Kier molecular flexibility index (Phi) is 4.06. The summed E-state index contributed by atoms with van der Waals surface area (Å²) in [6, 6.07) is 4.79. The zero-order valence-corrected chi connectivity index (χ0v) is 12.3. The van der Waals surface area contributed by atoms with Crippen molar-refractivity contribution in [3.05, 3.63) is 52.6 Å². The monoisotopic (exact) mass is 333 g/mol. The Morgan fingerprint density at radius 1 is 1.19 bits per heavy atom. The van der Waals surface area contributed by atoms with Crippen LogP contribution in [0.5, 0.6) is 5.75 Å². The Morgan fingerprint density at radius 2 is 1.86 bits per heavy atom. The van der Waals surface area contributed by atoms with Crippen molar-refractivity contribution in [2.75, 3.05) is 4.72 Å². The Labute approximate surface area is 125 Å². The van der Waals surface area contributed by atoms with Crippen LogP contribution in [0, 0.1) is 18.6 Å². The Bertz CT molecular complexity index is 809. The molecule has 2 rings (SSSR count). The molecule has 0 atom stereocenters. The number of phenols is 1. The van der Waals surface area contributed by atoms with Gasteiger partial charge in [-0.2, -0.15) is 0 Å². The van der Waals surface area contributed by atoms with E-state index in [2.05, 4.69) is 4.72 Å². The van der Waals surface area contributed by atoms with Crippen molar-refractivity contribution in [2.45, 2.75) is 11.8 Å². The van der Waals surface area contributed by atoms with Gasteiger partial charge in [0, 0.05) is 6.07 Å². The fraction of sp³-hybridized carbons (Fsp3) is 0.0769. The molecule has 0 saturated carbocycles. The van der Waals surface area contributed by atoms with Crippen molar-refractivity contribution >= 4 is 27.3 Å². The largest absolute Gasteiger partial charge is 0.506 e. The van der Waals surface area contributed by atoms with Crippen molar-refractivity contribution in [1.29, 1.82) is 0 Å². The number of nitrogens with one attached hydrogen (secondary N) is 1. The van der Waals surface area contributed by atoms with Crippen molar-refractivity contribution in [1.82, 2.24) is 0 Å². The zero-order valence-electron chi connectivity index (χ0n) is 10.7. The lowest BCUT2D eigenvalue weighted by Crippen LogP contribution is -2.14. The lowest BCUT2D eigenvalue weighted by molar-refractivity contribution is 0.471. The fourth-order valence-corrected chi connectivity index (χ4v) is 3.19. The van der Waals surface area contributed by atoms with Crippen LogP contribution in [-0.4, -0.2) is 13.5 Å². The summed E-state index contributed by atoms with van der Waals surface area (Å²) in [6.07, 6.45) is 0. The van der Waals surface area contributed by atoms with Crippen LogP contribution in [0.3, 0.4) is 0 Å². The van der Waals surface area contributed by atoms with E-state index in [9.17, 15) is 22.3 Å². The SMILES string of the molecule is Cc1cc(F)ccc1S(=O)(=O)Nc1cc(Cl)c(F)cc1O. The van der Waals surface area contributed by atoms with E-state index in [-0.39, 0.29) is 21.2 Å². The number of sulfonamides is 1. The van der Waals surface area contributed by atoms with Crippen LogP contribution < -0.4 is 4.72 Å². The van der Waals surface area contributed by atoms with Crippen LogP contribution >= 0.6 is 11.6 Å². The maximum Gasteiger partial charge on any atom is 0.262 e. The van der Waals surface area contributed by atoms with E-state index in [4.69, 9.17) is 11.6 Å². The maximum absolute atomic E-state index is 13.1. The normalized spacial score (nSPS) is 11.4. The third-order valence-corrected chi connectivity index (χ3v) is 4.52. The van der Waals surface area contributed by atoms with Crippen LogP contribution in [-0.2, 0) is 10.0 Å². The highest BCUT2D eigenvalue weighted by Gasteiger charge is 2.20. The molecule has 0 amide bonds. The van der Waals surface area contributed by atoms with E-state index < -0.39 is 27.4 Å². The highest BCUT2D eigenvalue weighted by molar-refractivity contribution is 7.92. The van der Waals surface area contributed by atoms with Crippen LogP contribution in [0.2, 0.25) is 5.02 Å². The summed E-state index contributed by atoms with van der Waals surface area (Å²) < 4.78 is 52.6. The van der Waals surface area contributed by atoms with Gasteiger partial charge in [0.25, 0.3) is 10.0 Å². The van der Waals surface area contributed by atoms with Gasteiger partial charge in [0.05, 0.1) is 15.6 Å². The third kappa shape index (κ3) is 3.25. The molecule has 0 radical (unpaired) electrons. The predicted molar refractivity (Wildman–Crippen MR) is 75.0 cm³/mol. The minimum absolute atomic E-state index is 0.163. The van der Waals surface area contributed by atoms with Crippen LogP contribution in [0.4, 0.5) is 14.5 Å². The summed E-state index contributed by atoms with van der Waals surface area (Å²) in [4.78, 5) is -0.163. The molecule has 8 heteroatoms. The second-order valence-corrected chi connectivity index (χ2v) is 6.36. The minimum atomic E-state index is -4.07. The van der Waals surface area contributed by atoms with Gasteiger partial charge in [-0.1, -0.05) is 11.6 Å². The molecule has 2 aromatic rings. The van der Waals surface area contributed by atoms with Gasteiger partial charge in [0.1, 0.15) is 17.4 Å². The van der Waals surface area contributed by atoms with E-state index in [0.717, 1.165) is 24.3 Å². The van der Waals surface area contributed by atoms with Gasteiger partial charge in [-0.3, -0.25) is 4.72 Å². The number of hydrogen-bond donors (Lipinski definition) is 2. The summed E-state index contributed by atoms with van der Waals surface area (Å²) >= 11 is 5.54. The van der Waals surface area contributed by atoms with Crippen molar-refractivity contribution in [3.8, 4) is 5.75 Å². The third-order valence-electron chi connectivity index (χ3n) is 2.71. The topological polar surface area (TPSA) is 66.4 Å². The number of aromatic hydroxyl groups is 1. The van der Waals surface area contributed by atoms with Gasteiger partial charge in [-0.05, 0) is 36.8 Å². The van der Waals surface area contributed by atoms with Crippen molar-refractivity contribution in [2.24, 2.45) is 0 Å². The Hall–Kier alpha value is -1.86. The molecule has 0 aliphatic heterocycles. The molecular formula is C13H10ClF2NO3S. The molecule has 2 N–H and O–H groups in total. The van der Waals surface area contributed by atoms with Gasteiger partial charge in [0.15, 0.2) is 0 Å². The molecule has 112 valence electrons. The number of anilines is 1. The molecule has 0 aromatic heterocycles. The van der Waals surface area contributed by atoms with E-state index in [1.54, 1.807) is 0 Å². The van der Waals surface area contributed by atoms with Gasteiger partial charge < -0.3 is 5.11 Å². The molecule has 0 heterocycles. The first kappa shape index (κ1) is 15.5. The second kappa shape index (κ2) is 5.50. The smallest absolute Gasteiger partial charge is 0.262 e. The molecule has 0 aliphatic rings. The molecule has 2 aromatic carbocycles. The van der Waals surface area contributed by atoms with Crippen LogP contribution in [0.25, 0.3) is 0 Å². The molecule has 21 heavy (non-hydrogen) atoms. The first-order valence-electron chi connectivity index (χ1n) is 5.67. The average molecular weight is 334 g/mol. The van der Waals surface area contributed by atoms with Crippen molar-refractivity contribution < 1.29 is 22.3 Å². The molecule has 0 bridgehead atoms. The first-order chi connectivity index (χ1) is 9.70. The lowest BCUT2D eigenvalue weighted by atomic mass is 10.2. The summed E-state index contributed by atoms with van der Waals surface area (Å²) in [7, 11) is -4.07. The maximum atomic E-state index is 13.1. The quantitative estimate of drug-likeness (QED) is 0.846. The summed E-state index contributed by atoms with van der Waals surface area (Å²) in [6.45, 7) is 1.43. The highest BCUT2D eigenvalue weighted by Crippen LogP contribution is 2.31. The molecule has 0 unspecified atom stereocenters. The van der Waals surface area contributed by atoms with E-state index in [0.29, 0.717) is 6.07 Å². The highest BCUT2D eigenvalue weighted by atomic mass is 35.5. The van der Waals surface area contributed by atoms with Gasteiger partial charge in [-0.25, -0.2) is 17.2 Å². The number of halogens is 3. The average Bonchev–Trinajstić information content (AvgIpc) is 2.35. The predicted octanol–water partition coefficient (Wildman–Crippen LogP) is 3.43. The minimum Gasteiger partial charge on any atom is -0.506 e. The molecule has 0 spiro atoms. The Balaban J connectivity index is 2.45. The van der Waals surface area contributed by atoms with Gasteiger partial charge in [-0.15, -0.1) is 0 Å². The van der Waals surface area contributed by atoms with Gasteiger partial charge >= 0.3 is 0 Å². The van der Waals surface area contributed by atoms with E-state index in [1.807, 2.05) is 0 Å². The lowest BCUT2D eigenvalue weighted by Gasteiger charge is -2.12. The number of rotatable bonds is 3. The number of hydrogen-bond acceptors (Lipinski definition) is 3. The number of phenolic OH excluding ortho intramolecular Hbond substituents is 1. The van der Waals surface area contributed by atoms with Crippen LogP contribution in [0.1, 0.15) is 5.56 Å². The summed E-state index contributed by atoms with van der Waals surface area (Å²) in [5.41, 5.74) is -0.0830. The Morgan fingerprint density at radius 3 is 2.48 bits per heavy atom. The number of aryl methyl sites for hydroxylation is 1. The van der Waals surface area contributed by atoms with E-state index >= 15 is 0 Å². The summed E-state index contributed by atoms with van der Waals surface area (Å²) in [5, 5.41) is 9.21.